The third-order valence-electron chi connectivity index (χ3n) is 5.66. The maximum absolute atomic E-state index is 13.9. The summed E-state index contributed by atoms with van der Waals surface area (Å²) in [5.41, 5.74) is 6.21. The number of amides is 1. The highest BCUT2D eigenvalue weighted by atomic mass is 19.1. The van der Waals surface area contributed by atoms with Crippen molar-refractivity contribution < 1.29 is 13.9 Å². The molecule has 5 heteroatoms. The molecule has 0 aliphatic carbocycles. The lowest BCUT2D eigenvalue weighted by atomic mass is 9.85. The maximum atomic E-state index is 13.9. The Kier molecular flexibility index (Phi) is 5.74. The van der Waals surface area contributed by atoms with Crippen LogP contribution in [0.1, 0.15) is 42.3 Å². The molecule has 4 nitrogen and oxygen atoms in total. The number of nitrogens with one attached hydrogen (secondary N) is 2. The molecule has 3 aromatic rings. The Labute approximate surface area is 188 Å². The van der Waals surface area contributed by atoms with Crippen LogP contribution in [0.5, 0.6) is 5.75 Å². The van der Waals surface area contributed by atoms with E-state index in [0.717, 1.165) is 33.5 Å². The van der Waals surface area contributed by atoms with Crippen LogP contribution in [0.4, 0.5) is 10.1 Å². The van der Waals surface area contributed by atoms with E-state index in [9.17, 15) is 9.18 Å². The number of methoxy groups -OCH3 is 1. The third kappa shape index (κ3) is 4.24. The molecule has 1 aliphatic heterocycles. The zero-order chi connectivity index (χ0) is 22.9. The summed E-state index contributed by atoms with van der Waals surface area (Å²) in [5, 5.41) is 6.62. The number of benzene rings is 3. The molecule has 0 saturated heterocycles. The van der Waals surface area contributed by atoms with Crippen molar-refractivity contribution >= 4 is 17.2 Å². The summed E-state index contributed by atoms with van der Waals surface area (Å²) in [6.45, 7) is 6.63. The molecule has 4 rings (SSSR count). The number of halogens is 1. The van der Waals surface area contributed by atoms with Gasteiger partial charge in [-0.1, -0.05) is 30.3 Å². The third-order valence-corrected chi connectivity index (χ3v) is 5.66. The summed E-state index contributed by atoms with van der Waals surface area (Å²) < 4.78 is 19.3. The molecule has 1 amide bonds. The Bertz CT molecular complexity index is 1200. The van der Waals surface area contributed by atoms with Gasteiger partial charge in [0.1, 0.15) is 11.6 Å². The van der Waals surface area contributed by atoms with Crippen molar-refractivity contribution in [1.29, 1.82) is 0 Å². The van der Waals surface area contributed by atoms with Crippen LogP contribution < -0.4 is 15.4 Å². The molecule has 0 fully saturated rings. The molecule has 0 unspecified atom stereocenters. The smallest absolute Gasteiger partial charge is 0.251 e. The van der Waals surface area contributed by atoms with Crippen LogP contribution in [0, 0.1) is 5.82 Å². The Morgan fingerprint density at radius 1 is 1.06 bits per heavy atom. The molecule has 0 saturated carbocycles. The summed E-state index contributed by atoms with van der Waals surface area (Å²) in [6, 6.07) is 17.7. The molecule has 1 heterocycles. The number of rotatable bonds is 5. The lowest BCUT2D eigenvalue weighted by Crippen LogP contribution is -2.32. The Balaban J connectivity index is 1.83. The average Bonchev–Trinajstić information content (AvgIpc) is 2.77. The van der Waals surface area contributed by atoms with Crippen molar-refractivity contribution in [3.63, 3.8) is 0 Å². The SMILES string of the molecule is COc1cc(F)ccc1-c1ccc2c(c1CNC(=O)c1ccccc1)C(C)=CC(C)(C)N2. The first kappa shape index (κ1) is 21.6. The van der Waals surface area contributed by atoms with Crippen LogP contribution in [0.25, 0.3) is 16.7 Å². The Morgan fingerprint density at radius 2 is 1.78 bits per heavy atom. The Hall–Kier alpha value is -3.60. The van der Waals surface area contributed by atoms with Crippen molar-refractivity contribution in [1.82, 2.24) is 5.32 Å². The number of ether oxygens (including phenoxy) is 1. The first-order chi connectivity index (χ1) is 15.3. The van der Waals surface area contributed by atoms with Gasteiger partial charge < -0.3 is 15.4 Å². The summed E-state index contributed by atoms with van der Waals surface area (Å²) in [5.74, 6) is -0.0562. The van der Waals surface area contributed by atoms with E-state index in [1.54, 1.807) is 18.2 Å². The maximum Gasteiger partial charge on any atom is 0.251 e. The second kappa shape index (κ2) is 8.50. The minimum atomic E-state index is -0.359. The molecule has 0 spiro atoms. The van der Waals surface area contributed by atoms with Crippen LogP contribution in [0.2, 0.25) is 0 Å². The molecule has 1 aliphatic rings. The highest BCUT2D eigenvalue weighted by Gasteiger charge is 2.27. The van der Waals surface area contributed by atoms with E-state index in [0.29, 0.717) is 17.9 Å². The van der Waals surface area contributed by atoms with E-state index < -0.39 is 0 Å². The number of fused-ring (bicyclic) bond motifs is 1. The van der Waals surface area contributed by atoms with Gasteiger partial charge in [-0.3, -0.25) is 4.79 Å². The number of anilines is 1. The van der Waals surface area contributed by atoms with E-state index in [2.05, 4.69) is 37.5 Å². The van der Waals surface area contributed by atoms with Gasteiger partial charge in [-0.2, -0.15) is 0 Å². The molecule has 2 N–H and O–H groups in total. The molecule has 0 radical (unpaired) electrons. The fourth-order valence-electron chi connectivity index (χ4n) is 4.38. The van der Waals surface area contributed by atoms with Gasteiger partial charge >= 0.3 is 0 Å². The van der Waals surface area contributed by atoms with E-state index in [1.165, 1.54) is 19.2 Å². The average molecular weight is 431 g/mol. The lowest BCUT2D eigenvalue weighted by Gasteiger charge is -2.33. The molecule has 3 aromatic carbocycles. The minimum Gasteiger partial charge on any atom is -0.496 e. The van der Waals surface area contributed by atoms with Crippen molar-refractivity contribution in [2.45, 2.75) is 32.9 Å². The lowest BCUT2D eigenvalue weighted by molar-refractivity contribution is 0.0951. The fraction of sp³-hybridized carbons (Fsp3) is 0.222. The molecule has 0 atom stereocenters. The van der Waals surface area contributed by atoms with Crippen LogP contribution in [0.15, 0.2) is 66.7 Å². The number of carbonyl (C=O) groups is 1. The topological polar surface area (TPSA) is 50.4 Å². The Morgan fingerprint density at radius 3 is 2.50 bits per heavy atom. The highest BCUT2D eigenvalue weighted by Crippen LogP contribution is 2.42. The first-order valence-corrected chi connectivity index (χ1v) is 10.6. The van der Waals surface area contributed by atoms with Gasteiger partial charge in [0.2, 0.25) is 0 Å². The summed E-state index contributed by atoms with van der Waals surface area (Å²) in [6.07, 6.45) is 2.18. The highest BCUT2D eigenvalue weighted by molar-refractivity contribution is 5.95. The zero-order valence-corrected chi connectivity index (χ0v) is 18.8. The second-order valence-corrected chi connectivity index (χ2v) is 8.58. The number of hydrogen-bond donors (Lipinski definition) is 2. The van der Waals surface area contributed by atoms with E-state index >= 15 is 0 Å². The molecule has 32 heavy (non-hydrogen) atoms. The standard InChI is InChI=1S/C27H27FN2O2/c1-17-15-27(2,3)30-23-13-12-20(21-11-10-19(28)14-24(21)32-4)22(25(17)23)16-29-26(31)18-8-6-5-7-9-18/h5-15,30H,16H2,1-4H3,(H,29,31). The summed E-state index contributed by atoms with van der Waals surface area (Å²) in [7, 11) is 1.53. The van der Waals surface area contributed by atoms with Gasteiger partial charge in [-0.25, -0.2) is 4.39 Å². The van der Waals surface area contributed by atoms with E-state index in [-0.39, 0.29) is 17.3 Å². The van der Waals surface area contributed by atoms with Crippen molar-refractivity contribution in [2.24, 2.45) is 0 Å². The normalized spacial score (nSPS) is 14.1. The molecular formula is C27H27FN2O2. The predicted octanol–water partition coefficient (Wildman–Crippen LogP) is 6.04. The van der Waals surface area contributed by atoms with Crippen LogP contribution in [-0.4, -0.2) is 18.6 Å². The molecular weight excluding hydrogens is 403 g/mol. The molecule has 0 aromatic heterocycles. The summed E-state index contributed by atoms with van der Waals surface area (Å²) >= 11 is 0. The number of allylic oxidation sites excluding steroid dienone is 1. The quantitative estimate of drug-likeness (QED) is 0.519. The number of hydrogen-bond acceptors (Lipinski definition) is 3. The monoisotopic (exact) mass is 430 g/mol. The predicted molar refractivity (Wildman–Crippen MR) is 127 cm³/mol. The van der Waals surface area contributed by atoms with Gasteiger partial charge in [-0.15, -0.1) is 0 Å². The van der Waals surface area contributed by atoms with Crippen LogP contribution >= 0.6 is 0 Å². The molecule has 164 valence electrons. The molecule has 0 bridgehead atoms. The largest absolute Gasteiger partial charge is 0.496 e. The van der Waals surface area contributed by atoms with Crippen LogP contribution in [-0.2, 0) is 6.54 Å². The van der Waals surface area contributed by atoms with Gasteiger partial charge in [0.15, 0.2) is 0 Å². The van der Waals surface area contributed by atoms with Crippen LogP contribution in [0.3, 0.4) is 0 Å². The first-order valence-electron chi connectivity index (χ1n) is 10.6. The zero-order valence-electron chi connectivity index (χ0n) is 18.8. The van der Waals surface area contributed by atoms with Gasteiger partial charge in [-0.05, 0) is 67.8 Å². The van der Waals surface area contributed by atoms with Gasteiger partial charge in [0.05, 0.1) is 12.6 Å². The van der Waals surface area contributed by atoms with Gasteiger partial charge in [0, 0.05) is 35.0 Å². The second-order valence-electron chi connectivity index (χ2n) is 8.58. The van der Waals surface area contributed by atoms with Crippen molar-refractivity contribution in [3.05, 3.63) is 89.2 Å². The van der Waals surface area contributed by atoms with E-state index in [4.69, 9.17) is 4.74 Å². The van der Waals surface area contributed by atoms with Crippen molar-refractivity contribution in [3.8, 4) is 16.9 Å². The fourth-order valence-corrected chi connectivity index (χ4v) is 4.38. The summed E-state index contributed by atoms with van der Waals surface area (Å²) in [4.78, 5) is 12.8. The van der Waals surface area contributed by atoms with Crippen molar-refractivity contribution in [2.75, 3.05) is 12.4 Å². The minimum absolute atomic E-state index is 0.147. The number of carbonyl (C=O) groups excluding carboxylic acids is 1. The van der Waals surface area contributed by atoms with E-state index in [1.807, 2.05) is 30.3 Å². The van der Waals surface area contributed by atoms with Gasteiger partial charge in [0.25, 0.3) is 5.91 Å².